The Morgan fingerprint density at radius 3 is 2.46 bits per heavy atom. The monoisotopic (exact) mass is 397 g/mol. The molecule has 0 saturated carbocycles. The molecule has 0 aliphatic heterocycles. The number of aryl methyl sites for hydroxylation is 1. The van der Waals surface area contributed by atoms with Crippen LogP contribution in [0.4, 0.5) is 10.8 Å². The van der Waals surface area contributed by atoms with Crippen LogP contribution in [0.5, 0.6) is 0 Å². The van der Waals surface area contributed by atoms with Gasteiger partial charge in [-0.05, 0) is 19.1 Å². The van der Waals surface area contributed by atoms with Crippen LogP contribution in [0, 0.1) is 17.0 Å². The van der Waals surface area contributed by atoms with Gasteiger partial charge in [0.05, 0.1) is 16.2 Å². The number of nitro groups is 1. The van der Waals surface area contributed by atoms with Crippen molar-refractivity contribution in [2.24, 2.45) is 0 Å². The summed E-state index contributed by atoms with van der Waals surface area (Å²) in [6, 6.07) is 12.8. The van der Waals surface area contributed by atoms with E-state index in [0.29, 0.717) is 5.13 Å². The van der Waals surface area contributed by atoms with Crippen molar-refractivity contribution in [3.8, 4) is 11.3 Å². The second-order valence-corrected chi connectivity index (χ2v) is 6.69. The summed E-state index contributed by atoms with van der Waals surface area (Å²) >= 11 is 1.26. The fourth-order valence-corrected chi connectivity index (χ4v) is 3.01. The molecule has 1 aromatic heterocycles. The van der Waals surface area contributed by atoms with Crippen LogP contribution < -0.4 is 5.32 Å². The molecule has 1 amide bonds. The van der Waals surface area contributed by atoms with Gasteiger partial charge in [0, 0.05) is 23.1 Å². The lowest BCUT2D eigenvalue weighted by Gasteiger charge is -2.04. The fourth-order valence-electron chi connectivity index (χ4n) is 2.28. The van der Waals surface area contributed by atoms with E-state index in [0.717, 1.165) is 16.8 Å². The number of nitrogens with zero attached hydrogens (tertiary/aromatic N) is 2. The van der Waals surface area contributed by atoms with E-state index in [2.05, 4.69) is 10.3 Å². The zero-order chi connectivity index (χ0) is 20.1. The summed E-state index contributed by atoms with van der Waals surface area (Å²) in [4.78, 5) is 38.3. The van der Waals surface area contributed by atoms with Gasteiger partial charge in [-0.3, -0.25) is 20.2 Å². The van der Waals surface area contributed by atoms with Gasteiger partial charge in [0.1, 0.15) is 0 Å². The minimum absolute atomic E-state index is 0.120. The Bertz CT molecular complexity index is 1010. The predicted octanol–water partition coefficient (Wildman–Crippen LogP) is 3.82. The highest BCUT2D eigenvalue weighted by Crippen LogP contribution is 2.25. The van der Waals surface area contributed by atoms with Crippen molar-refractivity contribution >= 4 is 34.0 Å². The van der Waals surface area contributed by atoms with E-state index in [-0.39, 0.29) is 11.3 Å². The van der Waals surface area contributed by atoms with Gasteiger partial charge < -0.3 is 4.74 Å². The molecule has 0 aliphatic carbocycles. The lowest BCUT2D eigenvalue weighted by molar-refractivity contribution is -0.384. The van der Waals surface area contributed by atoms with Crippen molar-refractivity contribution in [2.45, 2.75) is 6.92 Å². The third-order valence-electron chi connectivity index (χ3n) is 3.75. The molecule has 9 heteroatoms. The van der Waals surface area contributed by atoms with Crippen molar-refractivity contribution in [2.75, 3.05) is 11.9 Å². The van der Waals surface area contributed by atoms with Gasteiger partial charge in [0.15, 0.2) is 11.7 Å². The van der Waals surface area contributed by atoms with Crippen LogP contribution in [0.15, 0.2) is 53.9 Å². The van der Waals surface area contributed by atoms with E-state index in [1.54, 1.807) is 0 Å². The molecule has 1 N–H and O–H groups in total. The van der Waals surface area contributed by atoms with Crippen LogP contribution >= 0.6 is 11.3 Å². The maximum atomic E-state index is 12.0. The van der Waals surface area contributed by atoms with Crippen LogP contribution in [-0.4, -0.2) is 28.4 Å². The molecule has 0 saturated heterocycles. The Morgan fingerprint density at radius 2 is 1.82 bits per heavy atom. The molecule has 0 fully saturated rings. The van der Waals surface area contributed by atoms with Gasteiger partial charge in [-0.1, -0.05) is 29.8 Å². The molecule has 0 radical (unpaired) electrons. The average Bonchev–Trinajstić information content (AvgIpc) is 3.15. The van der Waals surface area contributed by atoms with Crippen LogP contribution in [0.3, 0.4) is 0 Å². The maximum absolute atomic E-state index is 12.0. The number of amides is 1. The highest BCUT2D eigenvalue weighted by Gasteiger charge is 2.14. The summed E-state index contributed by atoms with van der Waals surface area (Å²) in [6.45, 7) is 1.50. The van der Waals surface area contributed by atoms with E-state index in [9.17, 15) is 19.7 Å². The second kappa shape index (κ2) is 8.40. The van der Waals surface area contributed by atoms with E-state index in [1.165, 1.54) is 35.6 Å². The number of carbonyl (C=O) groups excluding carboxylic acids is 2. The van der Waals surface area contributed by atoms with Crippen LogP contribution in [-0.2, 0) is 9.53 Å². The Kier molecular flexibility index (Phi) is 5.75. The number of nitrogens with one attached hydrogen (secondary N) is 1. The lowest BCUT2D eigenvalue weighted by Crippen LogP contribution is -2.20. The summed E-state index contributed by atoms with van der Waals surface area (Å²) in [5.74, 6) is -1.27. The number of esters is 1. The molecule has 0 atom stereocenters. The molecule has 0 spiro atoms. The Morgan fingerprint density at radius 1 is 1.14 bits per heavy atom. The molecular weight excluding hydrogens is 382 g/mol. The van der Waals surface area contributed by atoms with Crippen molar-refractivity contribution in [1.29, 1.82) is 0 Å². The zero-order valence-electron chi connectivity index (χ0n) is 14.7. The number of anilines is 1. The maximum Gasteiger partial charge on any atom is 0.338 e. The third-order valence-corrected chi connectivity index (χ3v) is 4.50. The average molecular weight is 397 g/mol. The predicted molar refractivity (Wildman–Crippen MR) is 104 cm³/mol. The molecule has 3 rings (SSSR count). The third kappa shape index (κ3) is 4.77. The molecule has 3 aromatic rings. The largest absolute Gasteiger partial charge is 0.452 e. The number of hydrogen-bond acceptors (Lipinski definition) is 7. The normalized spacial score (nSPS) is 10.3. The van der Waals surface area contributed by atoms with Gasteiger partial charge in [0.2, 0.25) is 0 Å². The van der Waals surface area contributed by atoms with Crippen molar-refractivity contribution in [1.82, 2.24) is 4.98 Å². The highest BCUT2D eigenvalue weighted by molar-refractivity contribution is 7.14. The van der Waals surface area contributed by atoms with Gasteiger partial charge in [-0.15, -0.1) is 11.3 Å². The summed E-state index contributed by atoms with van der Waals surface area (Å²) in [5.41, 5.74) is 2.80. The van der Waals surface area contributed by atoms with Gasteiger partial charge in [-0.25, -0.2) is 9.78 Å². The van der Waals surface area contributed by atoms with Crippen molar-refractivity contribution < 1.29 is 19.2 Å². The molecule has 1 heterocycles. The summed E-state index contributed by atoms with van der Waals surface area (Å²) in [5, 5.41) is 15.4. The Balaban J connectivity index is 1.53. The van der Waals surface area contributed by atoms with E-state index < -0.39 is 23.4 Å². The van der Waals surface area contributed by atoms with Crippen LogP contribution in [0.2, 0.25) is 0 Å². The highest BCUT2D eigenvalue weighted by atomic mass is 32.1. The van der Waals surface area contributed by atoms with Crippen molar-refractivity contribution in [3.05, 3.63) is 75.2 Å². The number of benzene rings is 2. The molecule has 28 heavy (non-hydrogen) atoms. The number of non-ortho nitro benzene ring substituents is 1. The lowest BCUT2D eigenvalue weighted by atomic mass is 10.1. The van der Waals surface area contributed by atoms with Gasteiger partial charge >= 0.3 is 5.97 Å². The minimum Gasteiger partial charge on any atom is -0.452 e. The number of thiazole rings is 1. The second-order valence-electron chi connectivity index (χ2n) is 5.83. The summed E-state index contributed by atoms with van der Waals surface area (Å²) < 4.78 is 4.92. The minimum atomic E-state index is -0.746. The number of aromatic nitrogens is 1. The molecule has 8 nitrogen and oxygen atoms in total. The number of ether oxygens (including phenoxy) is 1. The Labute approximate surface area is 164 Å². The van der Waals surface area contributed by atoms with Crippen molar-refractivity contribution in [3.63, 3.8) is 0 Å². The molecule has 0 bridgehead atoms. The first-order chi connectivity index (χ1) is 13.4. The first kappa shape index (κ1) is 19.2. The fraction of sp³-hybridized carbons (Fsp3) is 0.105. The molecule has 142 valence electrons. The summed E-state index contributed by atoms with van der Waals surface area (Å²) in [7, 11) is 0. The number of carbonyl (C=O) groups is 2. The topological polar surface area (TPSA) is 111 Å². The first-order valence-corrected chi connectivity index (χ1v) is 9.04. The smallest absolute Gasteiger partial charge is 0.338 e. The Hall–Kier alpha value is -3.59. The van der Waals surface area contributed by atoms with Crippen LogP contribution in [0.25, 0.3) is 11.3 Å². The van der Waals surface area contributed by atoms with E-state index in [1.807, 2.05) is 36.6 Å². The molecule has 0 aliphatic rings. The zero-order valence-corrected chi connectivity index (χ0v) is 15.6. The van der Waals surface area contributed by atoms with E-state index >= 15 is 0 Å². The SMILES string of the molecule is Cc1ccc(-c2csc(NC(=O)COC(=O)c3ccc([N+](=O)[O-])cc3)n2)cc1. The number of rotatable bonds is 6. The quantitative estimate of drug-likeness (QED) is 0.384. The van der Waals surface area contributed by atoms with E-state index in [4.69, 9.17) is 4.74 Å². The number of nitro benzene ring substituents is 1. The number of hydrogen-bond donors (Lipinski definition) is 1. The molecule has 0 unspecified atom stereocenters. The summed E-state index contributed by atoms with van der Waals surface area (Å²) in [6.07, 6.45) is 0. The molecular formula is C19H15N3O5S. The molecule has 2 aromatic carbocycles. The van der Waals surface area contributed by atoms with Gasteiger partial charge in [-0.2, -0.15) is 0 Å². The van der Waals surface area contributed by atoms with Crippen LogP contribution in [0.1, 0.15) is 15.9 Å². The standard InChI is InChI=1S/C19H15N3O5S/c1-12-2-4-13(5-3-12)16-11-28-19(20-16)21-17(23)10-27-18(24)14-6-8-15(9-7-14)22(25)26/h2-9,11H,10H2,1H3,(H,20,21,23). The first-order valence-electron chi connectivity index (χ1n) is 8.16. The van der Waals surface area contributed by atoms with Gasteiger partial charge in [0.25, 0.3) is 11.6 Å².